The number of aromatic nitrogens is 2. The molecular formula is C20H26N4O3. The number of hydrogen-bond donors (Lipinski definition) is 2. The van der Waals surface area contributed by atoms with E-state index in [0.29, 0.717) is 25.1 Å². The first-order valence-corrected chi connectivity index (χ1v) is 9.67. The van der Waals surface area contributed by atoms with Crippen molar-refractivity contribution in [1.29, 1.82) is 0 Å². The number of nitrogens with zero attached hydrogens (tertiary/aromatic N) is 3. The Balaban J connectivity index is 1.56. The van der Waals surface area contributed by atoms with Crippen LogP contribution >= 0.6 is 0 Å². The Kier molecular flexibility index (Phi) is 5.11. The number of rotatable bonds is 3. The van der Waals surface area contributed by atoms with Crippen LogP contribution in [0.2, 0.25) is 0 Å². The molecule has 1 saturated carbocycles. The van der Waals surface area contributed by atoms with Crippen LogP contribution in [-0.2, 0) is 4.74 Å². The first-order chi connectivity index (χ1) is 13.1. The summed E-state index contributed by atoms with van der Waals surface area (Å²) in [4.78, 5) is 22.8. The summed E-state index contributed by atoms with van der Waals surface area (Å²) in [5, 5.41) is 14.1. The molecule has 1 aliphatic carbocycles. The van der Waals surface area contributed by atoms with Crippen molar-refractivity contribution in [2.24, 2.45) is 0 Å². The van der Waals surface area contributed by atoms with E-state index in [0.717, 1.165) is 48.6 Å². The third-order valence-corrected chi connectivity index (χ3v) is 5.73. The minimum Gasteiger partial charge on any atom is -0.453 e. The Morgan fingerprint density at radius 1 is 1.26 bits per heavy atom. The molecule has 0 bridgehead atoms. The second-order valence-corrected chi connectivity index (χ2v) is 7.53. The van der Waals surface area contributed by atoms with Crippen LogP contribution in [0, 0.1) is 0 Å². The SMILES string of the molecule is COC(=O)N1CCC(c2cccc3cnc(N[C@H]4CC[C@H](O)CC4)nc23)C1. The molecule has 1 aliphatic heterocycles. The topological polar surface area (TPSA) is 87.6 Å². The summed E-state index contributed by atoms with van der Waals surface area (Å²) in [6.45, 7) is 1.35. The Bertz CT molecular complexity index is 820. The average Bonchev–Trinajstić information content (AvgIpc) is 3.18. The Hall–Kier alpha value is -2.41. The number of anilines is 1. The van der Waals surface area contributed by atoms with E-state index in [-0.39, 0.29) is 18.1 Å². The zero-order valence-corrected chi connectivity index (χ0v) is 15.6. The van der Waals surface area contributed by atoms with E-state index < -0.39 is 0 Å². The first kappa shape index (κ1) is 18.0. The summed E-state index contributed by atoms with van der Waals surface area (Å²) in [5.41, 5.74) is 2.10. The van der Waals surface area contributed by atoms with Gasteiger partial charge in [0.15, 0.2) is 0 Å². The van der Waals surface area contributed by atoms with Crippen LogP contribution in [0.25, 0.3) is 10.9 Å². The monoisotopic (exact) mass is 370 g/mol. The third kappa shape index (κ3) is 3.83. The smallest absolute Gasteiger partial charge is 0.409 e. The van der Waals surface area contributed by atoms with Crippen molar-refractivity contribution < 1.29 is 14.6 Å². The molecule has 2 aromatic rings. The van der Waals surface area contributed by atoms with E-state index in [1.165, 1.54) is 7.11 Å². The van der Waals surface area contributed by atoms with Gasteiger partial charge in [0.25, 0.3) is 0 Å². The van der Waals surface area contributed by atoms with Crippen molar-refractivity contribution >= 4 is 22.9 Å². The molecule has 0 spiro atoms. The minimum atomic E-state index is -0.269. The number of aliphatic hydroxyl groups excluding tert-OH is 1. The fourth-order valence-corrected chi connectivity index (χ4v) is 4.19. The zero-order valence-electron chi connectivity index (χ0n) is 15.6. The predicted octanol–water partition coefficient (Wildman–Crippen LogP) is 2.90. The summed E-state index contributed by atoms with van der Waals surface area (Å²) in [7, 11) is 1.42. The lowest BCUT2D eigenvalue weighted by molar-refractivity contribution is 0.126. The number of benzene rings is 1. The highest BCUT2D eigenvalue weighted by molar-refractivity contribution is 5.82. The Morgan fingerprint density at radius 2 is 2.07 bits per heavy atom. The van der Waals surface area contributed by atoms with Crippen molar-refractivity contribution in [2.75, 3.05) is 25.5 Å². The molecular weight excluding hydrogens is 344 g/mol. The molecule has 7 nitrogen and oxygen atoms in total. The van der Waals surface area contributed by atoms with Gasteiger partial charge in [0, 0.05) is 36.6 Å². The maximum Gasteiger partial charge on any atom is 0.409 e. The number of nitrogens with one attached hydrogen (secondary N) is 1. The molecule has 2 N–H and O–H groups in total. The quantitative estimate of drug-likeness (QED) is 0.864. The van der Waals surface area contributed by atoms with E-state index in [9.17, 15) is 9.90 Å². The second kappa shape index (κ2) is 7.68. The predicted molar refractivity (Wildman–Crippen MR) is 103 cm³/mol. The maximum atomic E-state index is 11.8. The van der Waals surface area contributed by atoms with Gasteiger partial charge in [-0.05, 0) is 37.7 Å². The molecule has 4 rings (SSSR count). The molecule has 0 radical (unpaired) electrons. The first-order valence-electron chi connectivity index (χ1n) is 9.67. The summed E-state index contributed by atoms with van der Waals surface area (Å²) in [5.74, 6) is 0.888. The van der Waals surface area contributed by atoms with Gasteiger partial charge in [0.1, 0.15) is 0 Å². The van der Waals surface area contributed by atoms with Crippen LogP contribution in [0.15, 0.2) is 24.4 Å². The lowest BCUT2D eigenvalue weighted by atomic mass is 9.93. The molecule has 2 heterocycles. The van der Waals surface area contributed by atoms with Crippen molar-refractivity contribution in [3.05, 3.63) is 30.0 Å². The van der Waals surface area contributed by atoms with E-state index in [1.807, 2.05) is 18.3 Å². The highest BCUT2D eigenvalue weighted by atomic mass is 16.5. The average molecular weight is 370 g/mol. The van der Waals surface area contributed by atoms with Gasteiger partial charge >= 0.3 is 6.09 Å². The molecule has 1 unspecified atom stereocenters. The molecule has 1 atom stereocenters. The van der Waals surface area contributed by atoms with Gasteiger partial charge in [-0.15, -0.1) is 0 Å². The minimum absolute atomic E-state index is 0.174. The molecule has 144 valence electrons. The van der Waals surface area contributed by atoms with Gasteiger partial charge in [-0.25, -0.2) is 14.8 Å². The van der Waals surface area contributed by atoms with E-state index in [4.69, 9.17) is 9.72 Å². The number of aliphatic hydroxyl groups is 1. The lowest BCUT2D eigenvalue weighted by Crippen LogP contribution is -2.29. The summed E-state index contributed by atoms with van der Waals surface area (Å²) in [6, 6.07) is 6.45. The molecule has 1 aromatic carbocycles. The molecule has 2 aliphatic rings. The van der Waals surface area contributed by atoms with E-state index in [2.05, 4.69) is 16.4 Å². The van der Waals surface area contributed by atoms with E-state index >= 15 is 0 Å². The standard InChI is InChI=1S/C20H26N4O3/c1-27-20(26)24-10-9-14(12-24)17-4-2-3-13-11-21-19(23-18(13)17)22-15-5-7-16(25)8-6-15/h2-4,11,14-16,25H,5-10,12H2,1H3,(H,21,22,23)/t14?,15-,16-. The van der Waals surface area contributed by atoms with Gasteiger partial charge in [-0.2, -0.15) is 0 Å². The number of amides is 1. The highest BCUT2D eigenvalue weighted by Crippen LogP contribution is 2.32. The number of ether oxygens (including phenoxy) is 1. The number of methoxy groups -OCH3 is 1. The van der Waals surface area contributed by atoms with Crippen LogP contribution in [-0.4, -0.2) is 58.4 Å². The zero-order chi connectivity index (χ0) is 18.8. The summed E-state index contributed by atoms with van der Waals surface area (Å²) < 4.78 is 4.85. The number of carbonyl (C=O) groups is 1. The van der Waals surface area contributed by atoms with Crippen molar-refractivity contribution in [3.8, 4) is 0 Å². The van der Waals surface area contributed by atoms with Gasteiger partial charge in [-0.1, -0.05) is 18.2 Å². The fraction of sp³-hybridized carbons (Fsp3) is 0.550. The molecule has 7 heteroatoms. The number of carbonyl (C=O) groups excluding carboxylic acids is 1. The number of para-hydroxylation sites is 1. The fourth-order valence-electron chi connectivity index (χ4n) is 4.19. The number of hydrogen-bond acceptors (Lipinski definition) is 6. The van der Waals surface area contributed by atoms with Crippen molar-refractivity contribution in [3.63, 3.8) is 0 Å². The maximum absolute atomic E-state index is 11.8. The molecule has 1 amide bonds. The molecule has 1 saturated heterocycles. The van der Waals surface area contributed by atoms with Gasteiger partial charge < -0.3 is 20.1 Å². The Labute approximate surface area is 158 Å². The summed E-state index contributed by atoms with van der Waals surface area (Å²) >= 11 is 0. The molecule has 1 aromatic heterocycles. The Morgan fingerprint density at radius 3 is 2.85 bits per heavy atom. The van der Waals surface area contributed by atoms with Crippen LogP contribution in [0.1, 0.15) is 43.6 Å². The van der Waals surface area contributed by atoms with Crippen LogP contribution in [0.5, 0.6) is 0 Å². The van der Waals surface area contributed by atoms with Crippen LogP contribution < -0.4 is 5.32 Å². The third-order valence-electron chi connectivity index (χ3n) is 5.73. The molecule has 27 heavy (non-hydrogen) atoms. The van der Waals surface area contributed by atoms with Gasteiger partial charge in [0.05, 0.1) is 18.7 Å². The number of fused-ring (bicyclic) bond motifs is 1. The van der Waals surface area contributed by atoms with Crippen molar-refractivity contribution in [1.82, 2.24) is 14.9 Å². The second-order valence-electron chi connectivity index (χ2n) is 7.53. The van der Waals surface area contributed by atoms with Crippen LogP contribution in [0.3, 0.4) is 0 Å². The normalized spacial score (nSPS) is 25.6. The largest absolute Gasteiger partial charge is 0.453 e. The lowest BCUT2D eigenvalue weighted by Gasteiger charge is -2.26. The summed E-state index contributed by atoms with van der Waals surface area (Å²) in [6.07, 6.45) is 5.83. The number of likely N-dealkylation sites (tertiary alicyclic amines) is 1. The van der Waals surface area contributed by atoms with Gasteiger partial charge in [-0.3, -0.25) is 0 Å². The van der Waals surface area contributed by atoms with Crippen molar-refractivity contribution in [2.45, 2.75) is 50.2 Å². The molecule has 2 fully saturated rings. The van der Waals surface area contributed by atoms with E-state index in [1.54, 1.807) is 4.90 Å². The van der Waals surface area contributed by atoms with Crippen LogP contribution in [0.4, 0.5) is 10.7 Å². The van der Waals surface area contributed by atoms with Gasteiger partial charge in [0.2, 0.25) is 5.95 Å². The highest BCUT2D eigenvalue weighted by Gasteiger charge is 2.29.